The molecule has 0 fully saturated rings. The lowest BCUT2D eigenvalue weighted by molar-refractivity contribution is 0.615. The maximum Gasteiger partial charge on any atom is 0.223 e. The third kappa shape index (κ3) is 3.47. The fraction of sp³-hybridized carbons (Fsp3) is 0.312. The molecule has 0 aliphatic rings. The third-order valence-electron chi connectivity index (χ3n) is 3.46. The van der Waals surface area contributed by atoms with Crippen molar-refractivity contribution in [2.45, 2.75) is 26.8 Å². The first kappa shape index (κ1) is 17.3. The molecule has 0 aliphatic carbocycles. The predicted molar refractivity (Wildman–Crippen MR) is 89.8 cm³/mol. The van der Waals surface area contributed by atoms with Gasteiger partial charge in [-0.1, -0.05) is 0 Å². The van der Waals surface area contributed by atoms with E-state index in [-0.39, 0.29) is 28.3 Å². The van der Waals surface area contributed by atoms with Crippen LogP contribution in [0.15, 0.2) is 23.3 Å². The minimum Gasteiger partial charge on any atom is -0.368 e. The van der Waals surface area contributed by atoms with Crippen LogP contribution in [0.4, 0.5) is 20.2 Å². The highest BCUT2D eigenvalue weighted by Gasteiger charge is 2.20. The van der Waals surface area contributed by atoms with E-state index in [9.17, 15) is 8.78 Å². The monoisotopic (exact) mass is 338 g/mol. The van der Waals surface area contributed by atoms with Crippen LogP contribution in [0.25, 0.3) is 11.3 Å². The zero-order chi connectivity index (χ0) is 17.1. The van der Waals surface area contributed by atoms with Crippen molar-refractivity contribution in [3.8, 4) is 11.3 Å². The summed E-state index contributed by atoms with van der Waals surface area (Å²) >= 11 is 5.72. The average molecular weight is 339 g/mol. The van der Waals surface area contributed by atoms with Crippen molar-refractivity contribution in [1.29, 1.82) is 0 Å². The molecule has 1 aromatic heterocycles. The zero-order valence-electron chi connectivity index (χ0n) is 13.1. The van der Waals surface area contributed by atoms with Gasteiger partial charge in [0.05, 0.1) is 11.9 Å². The quantitative estimate of drug-likeness (QED) is 0.589. The minimum absolute atomic E-state index is 0.0550. The molecule has 0 amide bonds. The Morgan fingerprint density at radius 2 is 2.00 bits per heavy atom. The normalized spacial score (nSPS) is 10.9. The van der Waals surface area contributed by atoms with Gasteiger partial charge in [-0.15, -0.1) is 0 Å². The van der Waals surface area contributed by atoms with Crippen LogP contribution in [-0.2, 0) is 0 Å². The summed E-state index contributed by atoms with van der Waals surface area (Å²) in [5.41, 5.74) is 0.873. The van der Waals surface area contributed by atoms with E-state index in [0.29, 0.717) is 12.2 Å². The SMILES string of the molecule is C=Nc1c(F)cc(-c2nc(Cl)ncc2F)cc1N(CC)C(C)C. The summed E-state index contributed by atoms with van der Waals surface area (Å²) in [4.78, 5) is 13.1. The van der Waals surface area contributed by atoms with E-state index in [0.717, 1.165) is 6.20 Å². The van der Waals surface area contributed by atoms with Crippen LogP contribution in [0.2, 0.25) is 5.28 Å². The van der Waals surface area contributed by atoms with Crippen molar-refractivity contribution >= 4 is 29.7 Å². The van der Waals surface area contributed by atoms with E-state index in [1.165, 1.54) is 6.07 Å². The van der Waals surface area contributed by atoms with E-state index in [1.54, 1.807) is 6.07 Å². The number of nitrogens with zero attached hydrogens (tertiary/aromatic N) is 4. The Morgan fingerprint density at radius 3 is 2.57 bits per heavy atom. The largest absolute Gasteiger partial charge is 0.368 e. The van der Waals surface area contributed by atoms with Crippen LogP contribution in [0.1, 0.15) is 20.8 Å². The lowest BCUT2D eigenvalue weighted by Gasteiger charge is -2.29. The number of hydrogen-bond donors (Lipinski definition) is 0. The molecule has 0 saturated carbocycles. The molecule has 1 aromatic carbocycles. The second-order valence-electron chi connectivity index (χ2n) is 5.20. The first-order chi connectivity index (χ1) is 10.9. The molecule has 2 aromatic rings. The van der Waals surface area contributed by atoms with Crippen molar-refractivity contribution in [3.63, 3.8) is 0 Å². The van der Waals surface area contributed by atoms with Crippen LogP contribution in [0.5, 0.6) is 0 Å². The number of rotatable bonds is 5. The molecule has 122 valence electrons. The van der Waals surface area contributed by atoms with Gasteiger partial charge in [0.25, 0.3) is 0 Å². The molecule has 0 atom stereocenters. The van der Waals surface area contributed by atoms with E-state index < -0.39 is 11.6 Å². The molecule has 0 radical (unpaired) electrons. The first-order valence-electron chi connectivity index (χ1n) is 7.14. The zero-order valence-corrected chi connectivity index (χ0v) is 13.9. The summed E-state index contributed by atoms with van der Waals surface area (Å²) in [7, 11) is 0. The Hall–Kier alpha value is -2.08. The molecular formula is C16H17ClF2N4. The maximum absolute atomic E-state index is 14.4. The van der Waals surface area contributed by atoms with Crippen molar-refractivity contribution in [2.24, 2.45) is 4.99 Å². The van der Waals surface area contributed by atoms with E-state index in [1.807, 2.05) is 25.7 Å². The van der Waals surface area contributed by atoms with E-state index in [4.69, 9.17) is 11.6 Å². The Labute approximate surface area is 138 Å². The smallest absolute Gasteiger partial charge is 0.223 e. The molecule has 7 heteroatoms. The Bertz CT molecular complexity index is 734. The van der Waals surface area contributed by atoms with E-state index >= 15 is 0 Å². The number of aliphatic imine (C=N–C) groups is 1. The van der Waals surface area contributed by atoms with Crippen molar-refractivity contribution in [1.82, 2.24) is 9.97 Å². The number of anilines is 1. The lowest BCUT2D eigenvalue weighted by atomic mass is 10.1. The second-order valence-corrected chi connectivity index (χ2v) is 5.54. The van der Waals surface area contributed by atoms with Gasteiger partial charge in [-0.3, -0.25) is 4.99 Å². The third-order valence-corrected chi connectivity index (χ3v) is 3.65. The van der Waals surface area contributed by atoms with Crippen LogP contribution in [-0.4, -0.2) is 29.3 Å². The number of benzene rings is 1. The highest BCUT2D eigenvalue weighted by molar-refractivity contribution is 6.28. The predicted octanol–water partition coefficient (Wildman–Crippen LogP) is 4.64. The molecule has 0 bridgehead atoms. The van der Waals surface area contributed by atoms with Crippen LogP contribution >= 0.6 is 11.6 Å². The van der Waals surface area contributed by atoms with Crippen LogP contribution in [0, 0.1) is 11.6 Å². The summed E-state index contributed by atoms with van der Waals surface area (Å²) in [5.74, 6) is -1.27. The Kier molecular flexibility index (Phi) is 5.26. The molecule has 0 unspecified atom stereocenters. The number of aromatic nitrogens is 2. The first-order valence-corrected chi connectivity index (χ1v) is 7.52. The van der Waals surface area contributed by atoms with Crippen LogP contribution < -0.4 is 4.90 Å². The Morgan fingerprint density at radius 1 is 1.30 bits per heavy atom. The molecule has 0 saturated heterocycles. The molecule has 1 heterocycles. The van der Waals surface area contributed by atoms with Gasteiger partial charge in [-0.25, -0.2) is 18.7 Å². The van der Waals surface area contributed by atoms with Gasteiger partial charge in [-0.05, 0) is 51.2 Å². The fourth-order valence-electron chi connectivity index (χ4n) is 2.46. The lowest BCUT2D eigenvalue weighted by Crippen LogP contribution is -2.30. The molecule has 4 nitrogen and oxygen atoms in total. The van der Waals surface area contributed by atoms with Gasteiger partial charge in [0.15, 0.2) is 11.6 Å². The molecule has 2 rings (SSSR count). The molecule has 0 aliphatic heterocycles. The summed E-state index contributed by atoms with van der Waals surface area (Å²) in [6, 6.07) is 2.91. The van der Waals surface area contributed by atoms with Crippen molar-refractivity contribution in [2.75, 3.05) is 11.4 Å². The molecular weight excluding hydrogens is 322 g/mol. The topological polar surface area (TPSA) is 41.4 Å². The summed E-state index contributed by atoms with van der Waals surface area (Å²) in [6.45, 7) is 9.95. The summed E-state index contributed by atoms with van der Waals surface area (Å²) < 4.78 is 28.4. The molecule has 0 N–H and O–H groups in total. The molecule has 0 spiro atoms. The Balaban J connectivity index is 2.70. The van der Waals surface area contributed by atoms with E-state index in [2.05, 4.69) is 21.7 Å². The number of halogens is 3. The standard InChI is InChI=1S/C16H17ClF2N4/c1-5-23(9(2)3)13-7-10(6-11(18)15(13)20-4)14-12(19)8-21-16(17)22-14/h6-9H,4-5H2,1-3H3. The van der Waals surface area contributed by atoms with Gasteiger partial charge in [0.2, 0.25) is 5.28 Å². The summed E-state index contributed by atoms with van der Waals surface area (Å²) in [6.07, 6.45) is 0.960. The van der Waals surface area contributed by atoms with Gasteiger partial charge >= 0.3 is 0 Å². The van der Waals surface area contributed by atoms with Gasteiger partial charge < -0.3 is 4.90 Å². The van der Waals surface area contributed by atoms with Crippen molar-refractivity contribution < 1.29 is 8.78 Å². The molecule has 23 heavy (non-hydrogen) atoms. The second kappa shape index (κ2) is 7.00. The fourth-order valence-corrected chi connectivity index (χ4v) is 2.59. The van der Waals surface area contributed by atoms with Crippen molar-refractivity contribution in [3.05, 3.63) is 35.2 Å². The number of hydrogen-bond acceptors (Lipinski definition) is 4. The van der Waals surface area contributed by atoms with Gasteiger partial charge in [0.1, 0.15) is 11.4 Å². The van der Waals surface area contributed by atoms with Gasteiger partial charge in [0, 0.05) is 18.2 Å². The average Bonchev–Trinajstić information content (AvgIpc) is 2.49. The van der Waals surface area contributed by atoms with Crippen LogP contribution in [0.3, 0.4) is 0 Å². The highest BCUT2D eigenvalue weighted by Crippen LogP contribution is 2.37. The van der Waals surface area contributed by atoms with Gasteiger partial charge in [-0.2, -0.15) is 0 Å². The maximum atomic E-state index is 14.4. The minimum atomic E-state index is -0.674. The highest BCUT2D eigenvalue weighted by atomic mass is 35.5. The summed E-state index contributed by atoms with van der Waals surface area (Å²) in [5, 5.41) is -0.106.